The first-order valence-electron chi connectivity index (χ1n) is 9.35. The first kappa shape index (κ1) is 19.7. The van der Waals surface area contributed by atoms with E-state index in [0.29, 0.717) is 29.7 Å². The number of para-hydroxylation sites is 2. The highest BCUT2D eigenvalue weighted by atomic mass is 35.5. The Morgan fingerprint density at radius 1 is 1.17 bits per heavy atom. The number of rotatable bonds is 7. The number of hydrogen-bond donors (Lipinski definition) is 0. The van der Waals surface area contributed by atoms with Crippen molar-refractivity contribution in [1.29, 1.82) is 0 Å². The molecule has 2 unspecified atom stereocenters. The minimum Gasteiger partial charge on any atom is -0.493 e. The van der Waals surface area contributed by atoms with Crippen LogP contribution in [0.25, 0.3) is 0 Å². The van der Waals surface area contributed by atoms with E-state index < -0.39 is 5.54 Å². The van der Waals surface area contributed by atoms with Crippen LogP contribution in [0.15, 0.2) is 61.2 Å². The summed E-state index contributed by atoms with van der Waals surface area (Å²) in [6.45, 7) is 0.994. The van der Waals surface area contributed by atoms with Gasteiger partial charge in [0, 0.05) is 18.5 Å². The minimum absolute atomic E-state index is 0.135. The van der Waals surface area contributed by atoms with E-state index in [0.717, 1.165) is 12.0 Å². The predicted octanol–water partition coefficient (Wildman–Crippen LogP) is 3.55. The molecule has 2 aromatic carbocycles. The van der Waals surface area contributed by atoms with Crippen molar-refractivity contribution in [2.45, 2.75) is 24.6 Å². The molecule has 2 atom stereocenters. The molecule has 0 saturated carbocycles. The van der Waals surface area contributed by atoms with Crippen LogP contribution in [0.4, 0.5) is 0 Å². The van der Waals surface area contributed by atoms with Crippen LogP contribution in [0.5, 0.6) is 11.5 Å². The molecule has 152 valence electrons. The highest BCUT2D eigenvalue weighted by molar-refractivity contribution is 6.30. The Hall–Kier alpha value is -2.61. The zero-order valence-electron chi connectivity index (χ0n) is 16.4. The fourth-order valence-corrected chi connectivity index (χ4v) is 3.90. The lowest BCUT2D eigenvalue weighted by Gasteiger charge is -2.34. The molecule has 8 heteroatoms. The lowest BCUT2D eigenvalue weighted by Crippen LogP contribution is -2.42. The molecule has 1 fully saturated rings. The molecule has 0 amide bonds. The first-order valence-corrected chi connectivity index (χ1v) is 9.73. The molecule has 1 aliphatic heterocycles. The average molecular weight is 415 g/mol. The van der Waals surface area contributed by atoms with Gasteiger partial charge in [-0.15, -0.1) is 0 Å². The third-order valence-corrected chi connectivity index (χ3v) is 5.49. The summed E-state index contributed by atoms with van der Waals surface area (Å²) in [5.74, 6) is 1.40. The maximum Gasteiger partial charge on any atom is 0.161 e. The van der Waals surface area contributed by atoms with Crippen LogP contribution in [-0.2, 0) is 16.9 Å². The van der Waals surface area contributed by atoms with Crippen LogP contribution in [-0.4, -0.2) is 46.7 Å². The summed E-state index contributed by atoms with van der Waals surface area (Å²) >= 11 is 6.11. The van der Waals surface area contributed by atoms with Crippen molar-refractivity contribution in [2.75, 3.05) is 20.8 Å². The van der Waals surface area contributed by atoms with Gasteiger partial charge in [0.25, 0.3) is 0 Å². The maximum atomic E-state index is 6.18. The fraction of sp³-hybridized carbons (Fsp3) is 0.333. The Morgan fingerprint density at radius 2 is 1.93 bits per heavy atom. The van der Waals surface area contributed by atoms with Gasteiger partial charge >= 0.3 is 0 Å². The Balaban J connectivity index is 1.56. The van der Waals surface area contributed by atoms with Gasteiger partial charge in [-0.3, -0.25) is 9.52 Å². The predicted molar refractivity (Wildman–Crippen MR) is 109 cm³/mol. The van der Waals surface area contributed by atoms with E-state index >= 15 is 0 Å². The molecular formula is C21H23ClN4O3. The number of hydrogen-bond acceptors (Lipinski definition) is 6. The van der Waals surface area contributed by atoms with E-state index in [9.17, 15) is 0 Å². The highest BCUT2D eigenvalue weighted by Gasteiger charge is 2.47. The second-order valence-electron chi connectivity index (χ2n) is 7.02. The smallest absolute Gasteiger partial charge is 0.161 e. The van der Waals surface area contributed by atoms with Crippen LogP contribution >= 0.6 is 11.6 Å². The Kier molecular flexibility index (Phi) is 5.71. The van der Waals surface area contributed by atoms with Crippen molar-refractivity contribution in [1.82, 2.24) is 19.8 Å². The van der Waals surface area contributed by atoms with Crippen molar-refractivity contribution < 1.29 is 14.3 Å². The van der Waals surface area contributed by atoms with Crippen molar-refractivity contribution in [2.24, 2.45) is 0 Å². The second kappa shape index (κ2) is 8.41. The molecule has 7 nitrogen and oxygen atoms in total. The largest absolute Gasteiger partial charge is 0.493 e. The second-order valence-corrected chi connectivity index (χ2v) is 7.46. The van der Waals surface area contributed by atoms with Crippen molar-refractivity contribution in [3.8, 4) is 11.5 Å². The van der Waals surface area contributed by atoms with Crippen LogP contribution in [0.2, 0.25) is 5.02 Å². The number of hydroxylamine groups is 2. The summed E-state index contributed by atoms with van der Waals surface area (Å²) in [5.41, 5.74) is 0.673. The van der Waals surface area contributed by atoms with Gasteiger partial charge in [-0.25, -0.2) is 4.98 Å². The molecule has 0 bridgehead atoms. The molecule has 0 radical (unpaired) electrons. The molecule has 4 rings (SSSR count). The number of likely N-dealkylation sites (N-methyl/N-ethyl adjacent to an activating group) is 1. The normalized spacial score (nSPS) is 22.0. The van der Waals surface area contributed by atoms with Gasteiger partial charge in [0.2, 0.25) is 0 Å². The molecule has 2 heterocycles. The van der Waals surface area contributed by atoms with Gasteiger partial charge in [-0.05, 0) is 29.8 Å². The summed E-state index contributed by atoms with van der Waals surface area (Å²) in [7, 11) is 3.57. The third-order valence-electron chi connectivity index (χ3n) is 5.24. The van der Waals surface area contributed by atoms with Gasteiger partial charge < -0.3 is 9.47 Å². The van der Waals surface area contributed by atoms with Gasteiger partial charge in [0.1, 0.15) is 25.4 Å². The summed E-state index contributed by atoms with van der Waals surface area (Å²) in [4.78, 5) is 10.3. The molecule has 3 aromatic rings. The Labute approximate surface area is 174 Å². The number of nitrogens with zero attached hydrogens (tertiary/aromatic N) is 4. The average Bonchev–Trinajstić information content (AvgIpc) is 3.35. The monoisotopic (exact) mass is 414 g/mol. The topological polar surface area (TPSA) is 61.6 Å². The SMILES string of the molecule is COc1ccccc1OCC1CC(Cn2cncn2)(c2ccc(Cl)cc2)N(C)O1. The van der Waals surface area contributed by atoms with Gasteiger partial charge in [0.05, 0.1) is 19.2 Å². The van der Waals surface area contributed by atoms with Gasteiger partial charge in [0.15, 0.2) is 11.5 Å². The van der Waals surface area contributed by atoms with Crippen LogP contribution in [0, 0.1) is 0 Å². The third kappa shape index (κ3) is 4.07. The van der Waals surface area contributed by atoms with E-state index in [4.69, 9.17) is 25.9 Å². The molecule has 29 heavy (non-hydrogen) atoms. The lowest BCUT2D eigenvalue weighted by atomic mass is 9.85. The van der Waals surface area contributed by atoms with E-state index in [-0.39, 0.29) is 6.10 Å². The molecule has 0 N–H and O–H groups in total. The molecular weight excluding hydrogens is 392 g/mol. The standard InChI is InChI=1S/C21H23ClN4O3/c1-25-21(13-26-15-23-14-24-26,16-7-9-17(22)10-8-16)11-18(29-25)12-28-20-6-4-3-5-19(20)27-2/h3-10,14-15,18H,11-13H2,1-2H3. The molecule has 0 spiro atoms. The van der Waals surface area contributed by atoms with Crippen LogP contribution in [0.3, 0.4) is 0 Å². The Morgan fingerprint density at radius 3 is 2.62 bits per heavy atom. The first-order chi connectivity index (χ1) is 14.1. The number of ether oxygens (including phenoxy) is 2. The maximum absolute atomic E-state index is 6.18. The van der Waals surface area contributed by atoms with Crippen LogP contribution in [0.1, 0.15) is 12.0 Å². The van der Waals surface area contributed by atoms with Gasteiger partial charge in [-0.2, -0.15) is 10.2 Å². The van der Waals surface area contributed by atoms with Crippen molar-refractivity contribution in [3.05, 3.63) is 71.8 Å². The lowest BCUT2D eigenvalue weighted by molar-refractivity contribution is -0.180. The summed E-state index contributed by atoms with van der Waals surface area (Å²) in [6, 6.07) is 15.4. The van der Waals surface area contributed by atoms with E-state index in [1.54, 1.807) is 13.4 Å². The molecule has 1 aliphatic rings. The summed E-state index contributed by atoms with van der Waals surface area (Å²) in [5, 5.41) is 6.89. The minimum atomic E-state index is -0.424. The number of benzene rings is 2. The van der Waals surface area contributed by atoms with Crippen molar-refractivity contribution >= 4 is 11.6 Å². The summed E-state index contributed by atoms with van der Waals surface area (Å²) < 4.78 is 13.2. The molecule has 0 aliphatic carbocycles. The number of aromatic nitrogens is 3. The Bertz CT molecular complexity index is 935. The number of methoxy groups -OCH3 is 1. The van der Waals surface area contributed by atoms with E-state index in [1.165, 1.54) is 6.33 Å². The number of halogens is 1. The highest BCUT2D eigenvalue weighted by Crippen LogP contribution is 2.41. The van der Waals surface area contributed by atoms with Crippen molar-refractivity contribution in [3.63, 3.8) is 0 Å². The molecule has 1 aromatic heterocycles. The molecule has 1 saturated heterocycles. The van der Waals surface area contributed by atoms with E-state index in [1.807, 2.05) is 65.3 Å². The zero-order chi connectivity index (χ0) is 20.3. The quantitative estimate of drug-likeness (QED) is 0.589. The van der Waals surface area contributed by atoms with E-state index in [2.05, 4.69) is 10.1 Å². The fourth-order valence-electron chi connectivity index (χ4n) is 3.77. The summed E-state index contributed by atoms with van der Waals surface area (Å²) in [6.07, 6.45) is 3.84. The van der Waals surface area contributed by atoms with Gasteiger partial charge in [-0.1, -0.05) is 35.9 Å². The van der Waals surface area contributed by atoms with Crippen LogP contribution < -0.4 is 9.47 Å². The zero-order valence-corrected chi connectivity index (χ0v) is 17.1.